The molecule has 0 aliphatic carbocycles. The molecule has 0 fully saturated rings. The van der Waals surface area contributed by atoms with E-state index in [-0.39, 0.29) is 17.9 Å². The van der Waals surface area contributed by atoms with E-state index in [1.54, 1.807) is 47.2 Å². The number of halogens is 2. The average Bonchev–Trinajstić information content (AvgIpc) is 2.65. The van der Waals surface area contributed by atoms with Crippen LogP contribution in [0.4, 0.5) is 5.69 Å². The van der Waals surface area contributed by atoms with Crippen molar-refractivity contribution in [3.63, 3.8) is 0 Å². The summed E-state index contributed by atoms with van der Waals surface area (Å²) in [5.41, 5.74) is 1.29. The van der Waals surface area contributed by atoms with Gasteiger partial charge in [0.2, 0.25) is 5.91 Å². The minimum atomic E-state index is -0.194. The zero-order chi connectivity index (χ0) is 19.4. The van der Waals surface area contributed by atoms with Crippen LogP contribution in [-0.2, 0) is 17.8 Å². The lowest BCUT2D eigenvalue weighted by atomic mass is 10.1. The van der Waals surface area contributed by atoms with Crippen LogP contribution in [0.3, 0.4) is 0 Å². The normalized spacial score (nSPS) is 10.9. The molecule has 0 spiro atoms. The number of anilines is 1. The van der Waals surface area contributed by atoms with Crippen molar-refractivity contribution in [1.82, 2.24) is 9.88 Å². The van der Waals surface area contributed by atoms with Gasteiger partial charge in [-0.15, -0.1) is 0 Å². The highest BCUT2D eigenvalue weighted by Gasteiger charge is 2.10. The van der Waals surface area contributed by atoms with Crippen molar-refractivity contribution in [2.24, 2.45) is 0 Å². The van der Waals surface area contributed by atoms with Crippen molar-refractivity contribution < 1.29 is 4.79 Å². The first kappa shape index (κ1) is 19.4. The summed E-state index contributed by atoms with van der Waals surface area (Å²) in [6.45, 7) is 1.28. The standard InChI is InChI=1S/C20H19Cl2N3O2/c1-23-8-10-25-9-7-14-15(20(25)27)3-2-4-18(14)24-19(26)12-13-5-6-16(21)17(22)11-13/h2-7,9,11,23H,8,10,12H2,1H3,(H,24,26). The molecule has 0 saturated carbocycles. The van der Waals surface area contributed by atoms with Crippen LogP contribution >= 0.6 is 23.2 Å². The first-order chi connectivity index (χ1) is 13.0. The molecule has 3 aromatic rings. The van der Waals surface area contributed by atoms with Crippen molar-refractivity contribution in [3.8, 4) is 0 Å². The fourth-order valence-corrected chi connectivity index (χ4v) is 3.19. The molecule has 27 heavy (non-hydrogen) atoms. The molecule has 3 rings (SSSR count). The number of aromatic nitrogens is 1. The van der Waals surface area contributed by atoms with Gasteiger partial charge < -0.3 is 15.2 Å². The highest BCUT2D eigenvalue weighted by atomic mass is 35.5. The van der Waals surface area contributed by atoms with Gasteiger partial charge in [0, 0.05) is 35.7 Å². The summed E-state index contributed by atoms with van der Waals surface area (Å²) in [6.07, 6.45) is 1.91. The van der Waals surface area contributed by atoms with Gasteiger partial charge in [-0.05, 0) is 42.9 Å². The number of nitrogens with one attached hydrogen (secondary N) is 2. The molecular formula is C20H19Cl2N3O2. The summed E-state index contributed by atoms with van der Waals surface area (Å²) in [5.74, 6) is -0.194. The highest BCUT2D eigenvalue weighted by molar-refractivity contribution is 6.42. The molecule has 5 nitrogen and oxygen atoms in total. The van der Waals surface area contributed by atoms with E-state index in [4.69, 9.17) is 23.2 Å². The lowest BCUT2D eigenvalue weighted by Gasteiger charge is -2.11. The maximum absolute atomic E-state index is 12.6. The molecule has 0 bridgehead atoms. The minimum absolute atomic E-state index is 0.0802. The third-order valence-electron chi connectivity index (χ3n) is 4.24. The lowest BCUT2D eigenvalue weighted by Crippen LogP contribution is -2.25. The van der Waals surface area contributed by atoms with E-state index >= 15 is 0 Å². The van der Waals surface area contributed by atoms with E-state index in [1.807, 2.05) is 13.1 Å². The van der Waals surface area contributed by atoms with E-state index in [2.05, 4.69) is 10.6 Å². The number of amides is 1. The van der Waals surface area contributed by atoms with Crippen molar-refractivity contribution in [2.75, 3.05) is 18.9 Å². The summed E-state index contributed by atoms with van der Waals surface area (Å²) < 4.78 is 1.65. The van der Waals surface area contributed by atoms with Crippen LogP contribution in [0, 0.1) is 0 Å². The molecule has 140 valence electrons. The minimum Gasteiger partial charge on any atom is -0.325 e. The first-order valence-corrected chi connectivity index (χ1v) is 9.25. The Balaban J connectivity index is 1.84. The van der Waals surface area contributed by atoms with Crippen LogP contribution < -0.4 is 16.2 Å². The molecule has 1 heterocycles. The Morgan fingerprint density at radius 1 is 1.07 bits per heavy atom. The van der Waals surface area contributed by atoms with Crippen molar-refractivity contribution in [2.45, 2.75) is 13.0 Å². The average molecular weight is 404 g/mol. The van der Waals surface area contributed by atoms with Gasteiger partial charge in [0.15, 0.2) is 0 Å². The summed E-state index contributed by atoms with van der Waals surface area (Å²) in [4.78, 5) is 25.1. The van der Waals surface area contributed by atoms with Crippen LogP contribution in [-0.4, -0.2) is 24.1 Å². The number of nitrogens with zero attached hydrogens (tertiary/aromatic N) is 1. The van der Waals surface area contributed by atoms with Gasteiger partial charge in [-0.3, -0.25) is 9.59 Å². The molecule has 1 amide bonds. The van der Waals surface area contributed by atoms with Crippen molar-refractivity contribution in [1.29, 1.82) is 0 Å². The number of benzene rings is 2. The van der Waals surface area contributed by atoms with Gasteiger partial charge in [0.1, 0.15) is 0 Å². The Hall–Kier alpha value is -2.34. The van der Waals surface area contributed by atoms with Gasteiger partial charge >= 0.3 is 0 Å². The molecule has 0 atom stereocenters. The number of pyridine rings is 1. The van der Waals surface area contributed by atoms with Crippen molar-refractivity contribution in [3.05, 3.63) is 74.6 Å². The topological polar surface area (TPSA) is 63.1 Å². The molecule has 2 N–H and O–H groups in total. The third kappa shape index (κ3) is 4.50. The Morgan fingerprint density at radius 3 is 2.63 bits per heavy atom. The predicted octanol–water partition coefficient (Wildman–Crippen LogP) is 3.71. The second-order valence-corrected chi connectivity index (χ2v) is 6.97. The van der Waals surface area contributed by atoms with Gasteiger partial charge in [-0.2, -0.15) is 0 Å². The molecule has 0 saturated heterocycles. The fraction of sp³-hybridized carbons (Fsp3) is 0.200. The number of fused-ring (bicyclic) bond motifs is 1. The first-order valence-electron chi connectivity index (χ1n) is 8.50. The smallest absolute Gasteiger partial charge is 0.258 e. The van der Waals surface area contributed by atoms with E-state index in [0.717, 1.165) is 5.56 Å². The van der Waals surface area contributed by atoms with Crippen LogP contribution in [0.15, 0.2) is 53.5 Å². The molecule has 0 unspecified atom stereocenters. The SMILES string of the molecule is CNCCn1ccc2c(NC(=O)Cc3ccc(Cl)c(Cl)c3)cccc2c1=O. The summed E-state index contributed by atoms with van der Waals surface area (Å²) in [7, 11) is 1.84. The molecular weight excluding hydrogens is 385 g/mol. The van der Waals surface area contributed by atoms with E-state index in [9.17, 15) is 9.59 Å². The largest absolute Gasteiger partial charge is 0.325 e. The van der Waals surface area contributed by atoms with E-state index < -0.39 is 0 Å². The number of hydrogen-bond acceptors (Lipinski definition) is 3. The van der Waals surface area contributed by atoms with Gasteiger partial charge in [0.05, 0.1) is 16.5 Å². The molecule has 0 radical (unpaired) electrons. The van der Waals surface area contributed by atoms with E-state index in [0.29, 0.717) is 39.6 Å². The molecule has 1 aromatic heterocycles. The van der Waals surface area contributed by atoms with E-state index in [1.165, 1.54) is 0 Å². The quantitative estimate of drug-likeness (QED) is 0.659. The maximum atomic E-state index is 12.6. The second kappa shape index (κ2) is 8.57. The van der Waals surface area contributed by atoms with Gasteiger partial charge in [-0.25, -0.2) is 0 Å². The fourth-order valence-electron chi connectivity index (χ4n) is 2.86. The van der Waals surface area contributed by atoms with Crippen LogP contribution in [0.2, 0.25) is 10.0 Å². The highest BCUT2D eigenvalue weighted by Crippen LogP contribution is 2.24. The summed E-state index contributed by atoms with van der Waals surface area (Å²) >= 11 is 11.9. The Bertz CT molecular complexity index is 1050. The van der Waals surface area contributed by atoms with Crippen molar-refractivity contribution >= 4 is 45.6 Å². The maximum Gasteiger partial charge on any atom is 0.258 e. The van der Waals surface area contributed by atoms with Crippen LogP contribution in [0.5, 0.6) is 0 Å². The Morgan fingerprint density at radius 2 is 1.89 bits per heavy atom. The third-order valence-corrected chi connectivity index (χ3v) is 4.98. The molecule has 2 aromatic carbocycles. The molecule has 0 aliphatic rings. The number of rotatable bonds is 6. The summed E-state index contributed by atoms with van der Waals surface area (Å²) in [5, 5.41) is 8.05. The number of carbonyl (C=O) groups excluding carboxylic acids is 1. The monoisotopic (exact) mass is 403 g/mol. The number of carbonyl (C=O) groups is 1. The second-order valence-electron chi connectivity index (χ2n) is 6.16. The lowest BCUT2D eigenvalue weighted by molar-refractivity contribution is -0.115. The van der Waals surface area contributed by atoms with Gasteiger partial charge in [-0.1, -0.05) is 35.3 Å². The van der Waals surface area contributed by atoms with Crippen LogP contribution in [0.1, 0.15) is 5.56 Å². The Labute approximate surface area is 166 Å². The van der Waals surface area contributed by atoms with Crippen LogP contribution in [0.25, 0.3) is 10.8 Å². The predicted molar refractivity (Wildman–Crippen MR) is 111 cm³/mol. The summed E-state index contributed by atoms with van der Waals surface area (Å²) in [6, 6.07) is 12.3. The number of likely N-dealkylation sites (N-methyl/N-ethyl adjacent to an activating group) is 1. The number of hydrogen-bond donors (Lipinski definition) is 2. The molecule has 7 heteroatoms. The Kier molecular flexibility index (Phi) is 6.16. The zero-order valence-corrected chi connectivity index (χ0v) is 16.3. The molecule has 0 aliphatic heterocycles. The zero-order valence-electron chi connectivity index (χ0n) is 14.8. The van der Waals surface area contributed by atoms with Gasteiger partial charge in [0.25, 0.3) is 5.56 Å².